The molecule has 0 aliphatic rings. The van der Waals surface area contributed by atoms with Crippen LogP contribution in [0.25, 0.3) is 0 Å². The van der Waals surface area contributed by atoms with Crippen LogP contribution >= 0.6 is 15.2 Å². The summed E-state index contributed by atoms with van der Waals surface area (Å²) in [4.78, 5) is 35.4. The Balaban J connectivity index is 4.40. The molecule has 0 amide bonds. The first-order chi connectivity index (χ1) is 8.09. The van der Waals surface area contributed by atoms with Gasteiger partial charge in [-0.2, -0.15) is 0 Å². The van der Waals surface area contributed by atoms with E-state index in [0.717, 1.165) is 19.3 Å². The van der Waals surface area contributed by atoms with Gasteiger partial charge in [-0.25, -0.2) is 0 Å². The Kier molecular flexibility index (Phi) is 8.10. The highest BCUT2D eigenvalue weighted by Gasteiger charge is 2.44. The summed E-state index contributed by atoms with van der Waals surface area (Å²) in [5.74, 6) is -0.461. The summed E-state index contributed by atoms with van der Waals surface area (Å²) in [5.41, 5.74) is 0. The molecule has 0 saturated heterocycles. The van der Waals surface area contributed by atoms with E-state index < -0.39 is 37.1 Å². The van der Waals surface area contributed by atoms with Crippen molar-refractivity contribution in [2.75, 3.05) is 11.5 Å². The topological polar surface area (TPSA) is 132 Å². The van der Waals surface area contributed by atoms with E-state index in [-0.39, 0.29) is 5.75 Å². The maximum absolute atomic E-state index is 11.5. The van der Waals surface area contributed by atoms with Gasteiger partial charge in [-0.1, -0.05) is 26.2 Å². The highest BCUT2D eigenvalue weighted by atomic mass is 32.2. The zero-order valence-electron chi connectivity index (χ0n) is 10.1. The summed E-state index contributed by atoms with van der Waals surface area (Å²) in [6.07, 6.45) is 3.44. The maximum atomic E-state index is 11.5. The zero-order chi connectivity index (χ0) is 14.4. The molecule has 0 fully saturated rings. The minimum atomic E-state index is -4.95. The van der Waals surface area contributed by atoms with Gasteiger partial charge in [0.25, 0.3) is 0 Å². The van der Waals surface area contributed by atoms with Crippen LogP contribution in [0, 0.1) is 0 Å². The average molecular weight is 322 g/mol. The van der Waals surface area contributed by atoms with E-state index in [0.29, 0.717) is 6.42 Å². The Morgan fingerprint density at radius 3 is 1.89 bits per heavy atom. The van der Waals surface area contributed by atoms with Crippen LogP contribution in [0.3, 0.4) is 0 Å². The van der Waals surface area contributed by atoms with Crippen molar-refractivity contribution >= 4 is 26.0 Å². The third kappa shape index (κ3) is 7.79. The Bertz CT molecular complexity index is 338. The molecular weight excluding hydrogens is 302 g/mol. The second kappa shape index (κ2) is 7.90. The molecule has 0 aromatic heterocycles. The molecule has 0 radical (unpaired) electrons. The monoisotopic (exact) mass is 322 g/mol. The molecule has 0 heterocycles. The van der Waals surface area contributed by atoms with Gasteiger partial charge in [0, 0.05) is 22.3 Å². The molecule has 0 aromatic rings. The van der Waals surface area contributed by atoms with Crippen LogP contribution in [-0.2, 0) is 19.9 Å². The molecule has 0 rings (SSSR count). The van der Waals surface area contributed by atoms with Crippen LogP contribution < -0.4 is 0 Å². The maximum Gasteiger partial charge on any atom is 0.341 e. The Morgan fingerprint density at radius 2 is 1.50 bits per heavy atom. The summed E-state index contributed by atoms with van der Waals surface area (Å²) < 4.78 is 33.4. The molecule has 1 unspecified atom stereocenters. The molecular formula is C8H20O7P2S. The van der Waals surface area contributed by atoms with Gasteiger partial charge in [-0.05, 0) is 6.42 Å². The van der Waals surface area contributed by atoms with Gasteiger partial charge in [0.05, 0.1) is 0 Å². The predicted octanol–water partition coefficient (Wildman–Crippen LogP) is 0.997. The van der Waals surface area contributed by atoms with Crippen LogP contribution in [0.5, 0.6) is 0 Å². The van der Waals surface area contributed by atoms with Gasteiger partial charge >= 0.3 is 15.2 Å². The first kappa shape index (κ1) is 18.4. The third-order valence-corrected chi connectivity index (χ3v) is 8.00. The second-order valence-electron chi connectivity index (χ2n) is 4.03. The molecule has 1 atom stereocenters. The van der Waals surface area contributed by atoms with Crippen molar-refractivity contribution in [2.45, 2.75) is 38.0 Å². The predicted molar refractivity (Wildman–Crippen MR) is 69.9 cm³/mol. The summed E-state index contributed by atoms with van der Waals surface area (Å²) >= 11 is 0. The van der Waals surface area contributed by atoms with Crippen LogP contribution in [-0.4, -0.2) is 40.7 Å². The molecule has 110 valence electrons. The molecule has 18 heavy (non-hydrogen) atoms. The largest absolute Gasteiger partial charge is 0.341 e. The van der Waals surface area contributed by atoms with E-state index in [1.807, 2.05) is 6.92 Å². The molecule has 0 aromatic carbocycles. The molecule has 0 aliphatic carbocycles. The van der Waals surface area contributed by atoms with E-state index in [1.165, 1.54) is 0 Å². The van der Waals surface area contributed by atoms with Crippen molar-refractivity contribution in [3.05, 3.63) is 0 Å². The lowest BCUT2D eigenvalue weighted by molar-refractivity contribution is 0.342. The fourth-order valence-corrected chi connectivity index (χ4v) is 6.47. The number of hydrogen-bond acceptors (Lipinski definition) is 3. The van der Waals surface area contributed by atoms with Crippen molar-refractivity contribution in [2.24, 2.45) is 0 Å². The van der Waals surface area contributed by atoms with Crippen LogP contribution in [0.2, 0.25) is 0 Å². The van der Waals surface area contributed by atoms with Crippen molar-refractivity contribution in [3.8, 4) is 0 Å². The van der Waals surface area contributed by atoms with Gasteiger partial charge in [0.1, 0.15) is 0 Å². The normalized spacial score (nSPS) is 15.0. The molecule has 10 heteroatoms. The van der Waals surface area contributed by atoms with Crippen molar-refractivity contribution in [1.82, 2.24) is 0 Å². The van der Waals surface area contributed by atoms with Gasteiger partial charge in [0.15, 0.2) is 5.40 Å². The summed E-state index contributed by atoms with van der Waals surface area (Å²) in [5, 5.41) is -2.16. The molecule has 4 N–H and O–H groups in total. The quantitative estimate of drug-likeness (QED) is 0.367. The number of unbranched alkanes of at least 4 members (excludes halogenated alkanes) is 3. The van der Waals surface area contributed by atoms with Gasteiger partial charge in [0.2, 0.25) is 0 Å². The Labute approximate surface area is 109 Å². The lowest BCUT2D eigenvalue weighted by Crippen LogP contribution is -2.19. The lowest BCUT2D eigenvalue weighted by Gasteiger charge is -2.18. The molecule has 7 nitrogen and oxygen atoms in total. The molecule has 0 bridgehead atoms. The number of hydrogen-bond donors (Lipinski definition) is 4. The fourth-order valence-electron chi connectivity index (χ4n) is 1.33. The van der Waals surface area contributed by atoms with Gasteiger partial charge in [-0.3, -0.25) is 13.3 Å². The smallest absolute Gasteiger partial charge is 0.324 e. The standard InChI is InChI=1S/C8H20O7P2S/c1-2-3-4-5-6-18(15)7-8(16(9,10)11)17(12,13)14/h8H,2-7H2,1H3,(H2,9,10,11)(H2,12,13,14). The molecule has 0 saturated carbocycles. The molecule has 0 spiro atoms. The van der Waals surface area contributed by atoms with Crippen molar-refractivity contribution in [1.29, 1.82) is 0 Å². The van der Waals surface area contributed by atoms with Crippen molar-refractivity contribution < 1.29 is 32.9 Å². The lowest BCUT2D eigenvalue weighted by atomic mass is 10.2. The van der Waals surface area contributed by atoms with Gasteiger partial charge < -0.3 is 19.6 Å². The summed E-state index contributed by atoms with van der Waals surface area (Å²) in [7, 11) is -11.5. The SMILES string of the molecule is CCCCCCS(=O)CC(P(=O)(O)O)P(=O)(O)O. The minimum Gasteiger partial charge on any atom is -0.324 e. The van der Waals surface area contributed by atoms with Crippen LogP contribution in [0.1, 0.15) is 32.6 Å². The highest BCUT2D eigenvalue weighted by Crippen LogP contribution is 2.59. The fraction of sp³-hybridized carbons (Fsp3) is 1.00. The third-order valence-electron chi connectivity index (χ3n) is 2.34. The van der Waals surface area contributed by atoms with E-state index in [9.17, 15) is 13.3 Å². The Hall–Kier alpha value is 0.450. The van der Waals surface area contributed by atoms with E-state index in [4.69, 9.17) is 19.6 Å². The molecule has 0 aliphatic heterocycles. The average Bonchev–Trinajstić information content (AvgIpc) is 2.18. The number of rotatable bonds is 9. The van der Waals surface area contributed by atoms with E-state index in [1.54, 1.807) is 0 Å². The minimum absolute atomic E-state index is 0.205. The highest BCUT2D eigenvalue weighted by molar-refractivity contribution is 7.86. The van der Waals surface area contributed by atoms with Gasteiger partial charge in [-0.15, -0.1) is 0 Å². The first-order valence-electron chi connectivity index (χ1n) is 5.54. The van der Waals surface area contributed by atoms with E-state index >= 15 is 0 Å². The Morgan fingerprint density at radius 1 is 1.00 bits per heavy atom. The zero-order valence-corrected chi connectivity index (χ0v) is 12.7. The van der Waals surface area contributed by atoms with Crippen molar-refractivity contribution in [3.63, 3.8) is 0 Å². The van der Waals surface area contributed by atoms with Crippen LogP contribution in [0.4, 0.5) is 0 Å². The first-order valence-corrected chi connectivity index (χ1v) is 10.4. The summed E-state index contributed by atoms with van der Waals surface area (Å²) in [6.45, 7) is 2.01. The second-order valence-corrected chi connectivity index (χ2v) is 9.66. The van der Waals surface area contributed by atoms with E-state index in [2.05, 4.69) is 0 Å². The summed E-state index contributed by atoms with van der Waals surface area (Å²) in [6, 6.07) is 0. The van der Waals surface area contributed by atoms with Crippen LogP contribution in [0.15, 0.2) is 0 Å².